The summed E-state index contributed by atoms with van der Waals surface area (Å²) in [5.41, 5.74) is 3.49. The zero-order chi connectivity index (χ0) is 22.8. The summed E-state index contributed by atoms with van der Waals surface area (Å²) in [5, 5.41) is 6.05. The highest BCUT2D eigenvalue weighted by Crippen LogP contribution is 2.45. The minimum Gasteiger partial charge on any atom is -0.497 e. The van der Waals surface area contributed by atoms with Gasteiger partial charge in [-0.3, -0.25) is 9.59 Å². The minimum atomic E-state index is -0.617. The van der Waals surface area contributed by atoms with Crippen LogP contribution < -0.4 is 20.1 Å². The molecule has 0 bridgehead atoms. The molecule has 0 radical (unpaired) electrons. The molecule has 2 aliphatic rings. The van der Waals surface area contributed by atoms with Crippen LogP contribution in [0.2, 0.25) is 0 Å². The van der Waals surface area contributed by atoms with Crippen molar-refractivity contribution in [3.05, 3.63) is 76.4 Å². The Balaban J connectivity index is 1.84. The largest absolute Gasteiger partial charge is 0.497 e. The van der Waals surface area contributed by atoms with Crippen LogP contribution in [0.15, 0.2) is 65.0 Å². The Labute approximate surface area is 186 Å². The summed E-state index contributed by atoms with van der Waals surface area (Å²) in [4.78, 5) is 26.5. The van der Waals surface area contributed by atoms with Crippen LogP contribution in [0.5, 0.6) is 11.5 Å². The number of hydrogen-bond acceptors (Lipinski definition) is 5. The molecule has 7 heteroatoms. The second kappa shape index (κ2) is 8.86. The Morgan fingerprint density at radius 2 is 1.94 bits per heavy atom. The molecule has 1 amide bonds. The van der Waals surface area contributed by atoms with Crippen molar-refractivity contribution < 1.29 is 23.5 Å². The van der Waals surface area contributed by atoms with E-state index in [1.165, 1.54) is 18.2 Å². The van der Waals surface area contributed by atoms with Crippen molar-refractivity contribution >= 4 is 17.4 Å². The predicted octanol–water partition coefficient (Wildman–Crippen LogP) is 4.45. The van der Waals surface area contributed by atoms with Crippen molar-refractivity contribution in [3.8, 4) is 11.5 Å². The first-order chi connectivity index (χ1) is 15.4. The van der Waals surface area contributed by atoms with E-state index < -0.39 is 17.6 Å². The fourth-order valence-corrected chi connectivity index (χ4v) is 4.42. The van der Waals surface area contributed by atoms with Crippen molar-refractivity contribution in [2.75, 3.05) is 19.5 Å². The third kappa shape index (κ3) is 3.98. The summed E-state index contributed by atoms with van der Waals surface area (Å²) in [5.74, 6) is -0.344. The molecule has 1 aliphatic carbocycles. The molecule has 6 nitrogen and oxygen atoms in total. The summed E-state index contributed by atoms with van der Waals surface area (Å²) in [6.07, 6.45) is 1.91. The number of ether oxygens (including phenoxy) is 2. The lowest BCUT2D eigenvalue weighted by molar-refractivity contribution is -0.116. The van der Waals surface area contributed by atoms with Crippen LogP contribution in [0.4, 0.5) is 10.1 Å². The van der Waals surface area contributed by atoms with Crippen LogP contribution in [-0.4, -0.2) is 25.9 Å². The molecule has 1 aliphatic heterocycles. The molecule has 0 unspecified atom stereocenters. The maximum absolute atomic E-state index is 13.7. The SMILES string of the molecule is COc1ccc([C@@H]2C(C(=O)Nc3cccc(F)c3)=C(C)NC3=C2C(=O)CCC3)c(OC)c1. The second-order valence-corrected chi connectivity index (χ2v) is 7.84. The first-order valence-electron chi connectivity index (χ1n) is 10.5. The van der Waals surface area contributed by atoms with Gasteiger partial charge in [0.25, 0.3) is 5.91 Å². The number of ketones is 1. The molecule has 0 fully saturated rings. The molecule has 0 spiro atoms. The van der Waals surface area contributed by atoms with E-state index in [9.17, 15) is 14.0 Å². The Kier molecular flexibility index (Phi) is 5.99. The standard InChI is InChI=1S/C25H25FN2O4/c1-14-22(25(30)28-16-7-4-6-15(26)12-16)23(24-19(27-14)8-5-9-20(24)29)18-11-10-17(31-2)13-21(18)32-3/h4,6-7,10-13,23,27H,5,8-9H2,1-3H3,(H,28,30)/t23-/m1/s1. The van der Waals surface area contributed by atoms with Crippen molar-refractivity contribution in [1.82, 2.24) is 5.32 Å². The van der Waals surface area contributed by atoms with Crippen molar-refractivity contribution in [1.29, 1.82) is 0 Å². The zero-order valence-electron chi connectivity index (χ0n) is 18.3. The number of nitrogens with one attached hydrogen (secondary N) is 2. The van der Waals surface area contributed by atoms with E-state index in [2.05, 4.69) is 10.6 Å². The van der Waals surface area contributed by atoms with Crippen molar-refractivity contribution in [2.45, 2.75) is 32.1 Å². The highest BCUT2D eigenvalue weighted by molar-refractivity contribution is 6.09. The molecule has 0 saturated heterocycles. The van der Waals surface area contributed by atoms with Crippen LogP contribution in [-0.2, 0) is 9.59 Å². The molecular weight excluding hydrogens is 411 g/mol. The Hall–Kier alpha value is -3.61. The number of halogens is 1. The fourth-order valence-electron chi connectivity index (χ4n) is 4.42. The number of dihydropyridines is 1. The lowest BCUT2D eigenvalue weighted by Gasteiger charge is -2.35. The van der Waals surface area contributed by atoms with Crippen molar-refractivity contribution in [3.63, 3.8) is 0 Å². The maximum Gasteiger partial charge on any atom is 0.254 e. The summed E-state index contributed by atoms with van der Waals surface area (Å²) in [7, 11) is 3.10. The smallest absolute Gasteiger partial charge is 0.254 e. The van der Waals surface area contributed by atoms with E-state index in [1.807, 2.05) is 13.0 Å². The van der Waals surface area contributed by atoms with Gasteiger partial charge in [-0.15, -0.1) is 0 Å². The highest BCUT2D eigenvalue weighted by atomic mass is 19.1. The molecular formula is C25H25FN2O4. The molecule has 0 aromatic heterocycles. The summed E-state index contributed by atoms with van der Waals surface area (Å²) < 4.78 is 24.6. The van der Waals surface area contributed by atoms with Gasteiger partial charge in [0.05, 0.1) is 20.1 Å². The molecule has 166 valence electrons. The Morgan fingerprint density at radius 1 is 1.12 bits per heavy atom. The zero-order valence-corrected chi connectivity index (χ0v) is 18.3. The van der Waals surface area contributed by atoms with E-state index in [-0.39, 0.29) is 5.78 Å². The summed E-state index contributed by atoms with van der Waals surface area (Å²) in [6.45, 7) is 1.81. The summed E-state index contributed by atoms with van der Waals surface area (Å²) in [6, 6.07) is 11.1. The van der Waals surface area contributed by atoms with Gasteiger partial charge in [0.15, 0.2) is 5.78 Å². The Bertz CT molecular complexity index is 1150. The highest BCUT2D eigenvalue weighted by Gasteiger charge is 2.39. The molecule has 4 rings (SSSR count). The number of carbonyl (C=O) groups is 2. The van der Waals surface area contributed by atoms with Crippen molar-refractivity contribution in [2.24, 2.45) is 0 Å². The predicted molar refractivity (Wildman–Crippen MR) is 119 cm³/mol. The third-order valence-electron chi connectivity index (χ3n) is 5.85. The lowest BCUT2D eigenvalue weighted by atomic mass is 9.74. The number of hydrogen-bond donors (Lipinski definition) is 2. The first kappa shape index (κ1) is 21.6. The Morgan fingerprint density at radius 3 is 2.66 bits per heavy atom. The van der Waals surface area contributed by atoms with Crippen LogP contribution >= 0.6 is 0 Å². The van der Waals surface area contributed by atoms with Gasteiger partial charge in [-0.25, -0.2) is 4.39 Å². The van der Waals surface area contributed by atoms with Gasteiger partial charge < -0.3 is 20.1 Å². The van der Waals surface area contributed by atoms with E-state index in [0.29, 0.717) is 46.0 Å². The van der Waals surface area contributed by atoms with E-state index in [0.717, 1.165) is 18.5 Å². The average molecular weight is 436 g/mol. The number of Topliss-reactive ketones (excluding diaryl/α,β-unsaturated/α-hetero) is 1. The molecule has 32 heavy (non-hydrogen) atoms. The van der Waals surface area contributed by atoms with Crippen LogP contribution in [0.25, 0.3) is 0 Å². The van der Waals surface area contributed by atoms with Gasteiger partial charge in [0, 0.05) is 46.3 Å². The quantitative estimate of drug-likeness (QED) is 0.724. The number of allylic oxidation sites excluding steroid dienone is 3. The number of carbonyl (C=O) groups excluding carboxylic acids is 2. The maximum atomic E-state index is 13.7. The van der Waals surface area contributed by atoms with E-state index >= 15 is 0 Å². The molecule has 2 N–H and O–H groups in total. The number of anilines is 1. The third-order valence-corrected chi connectivity index (χ3v) is 5.85. The van der Waals surface area contributed by atoms with Crippen LogP contribution in [0.3, 0.4) is 0 Å². The number of benzene rings is 2. The fraction of sp³-hybridized carbons (Fsp3) is 0.280. The van der Waals surface area contributed by atoms with Crippen LogP contribution in [0.1, 0.15) is 37.7 Å². The molecule has 1 heterocycles. The van der Waals surface area contributed by atoms with Gasteiger partial charge in [0.2, 0.25) is 0 Å². The number of methoxy groups -OCH3 is 2. The molecule has 0 saturated carbocycles. The van der Waals surface area contributed by atoms with Crippen LogP contribution in [0, 0.1) is 5.82 Å². The number of amides is 1. The minimum absolute atomic E-state index is 0.00479. The first-order valence-corrected chi connectivity index (χ1v) is 10.5. The van der Waals surface area contributed by atoms with Gasteiger partial charge in [0.1, 0.15) is 17.3 Å². The summed E-state index contributed by atoms with van der Waals surface area (Å²) >= 11 is 0. The van der Waals surface area contributed by atoms with Gasteiger partial charge in [-0.1, -0.05) is 12.1 Å². The van der Waals surface area contributed by atoms with Gasteiger partial charge >= 0.3 is 0 Å². The molecule has 2 aromatic carbocycles. The van der Waals surface area contributed by atoms with E-state index in [4.69, 9.17) is 9.47 Å². The normalized spacial score (nSPS) is 18.1. The average Bonchev–Trinajstić information content (AvgIpc) is 2.77. The number of rotatable bonds is 5. The topological polar surface area (TPSA) is 76.7 Å². The second-order valence-electron chi connectivity index (χ2n) is 7.84. The lowest BCUT2D eigenvalue weighted by Crippen LogP contribution is -2.35. The molecule has 2 aromatic rings. The van der Waals surface area contributed by atoms with Gasteiger partial charge in [-0.2, -0.15) is 0 Å². The van der Waals surface area contributed by atoms with Gasteiger partial charge in [-0.05, 0) is 44.0 Å². The molecule has 1 atom stereocenters. The van der Waals surface area contributed by atoms with E-state index in [1.54, 1.807) is 32.4 Å². The monoisotopic (exact) mass is 436 g/mol.